The molecule has 1 saturated heterocycles. The number of aromatic nitrogens is 3. The minimum Gasteiger partial charge on any atom is -0.295 e. The third-order valence-electron chi connectivity index (χ3n) is 5.95. The van der Waals surface area contributed by atoms with Gasteiger partial charge in [-0.1, -0.05) is 18.5 Å². The van der Waals surface area contributed by atoms with Gasteiger partial charge in [-0.15, -0.1) is 11.3 Å². The molecule has 3 heterocycles. The van der Waals surface area contributed by atoms with Crippen LogP contribution in [0.3, 0.4) is 0 Å². The number of thiazole rings is 1. The molecule has 4 rings (SSSR count). The number of alkyl halides is 3. The lowest BCUT2D eigenvalue weighted by atomic mass is 10.0. The van der Waals surface area contributed by atoms with Crippen molar-refractivity contribution in [2.75, 3.05) is 6.54 Å². The minimum absolute atomic E-state index is 0.0108. The second-order valence-corrected chi connectivity index (χ2v) is 10.0. The fraction of sp³-hybridized carbons (Fsp3) is 0.417. The summed E-state index contributed by atoms with van der Waals surface area (Å²) in [4.78, 5) is 28.5. The number of hydrogen-bond acceptors (Lipinski definition) is 6. The molecular weight excluding hydrogens is 485 g/mol. The van der Waals surface area contributed by atoms with Crippen molar-refractivity contribution in [1.82, 2.24) is 19.9 Å². The smallest absolute Gasteiger partial charge is 0.295 e. The van der Waals surface area contributed by atoms with Crippen LogP contribution in [0.25, 0.3) is 11.3 Å². The summed E-state index contributed by atoms with van der Waals surface area (Å²) in [5.74, 6) is -0.274. The van der Waals surface area contributed by atoms with Crippen molar-refractivity contribution in [3.05, 3.63) is 62.5 Å². The van der Waals surface area contributed by atoms with E-state index in [1.54, 1.807) is 13.0 Å². The Morgan fingerprint density at radius 1 is 1.24 bits per heavy atom. The largest absolute Gasteiger partial charge is 0.416 e. The number of benzene rings is 1. The number of likely N-dealkylation sites (tertiary alicyclic amines) is 1. The van der Waals surface area contributed by atoms with E-state index in [2.05, 4.69) is 26.8 Å². The molecule has 1 aliphatic rings. The zero-order chi connectivity index (χ0) is 24.5. The molecule has 0 unspecified atom stereocenters. The van der Waals surface area contributed by atoms with E-state index < -0.39 is 11.7 Å². The number of carbonyl (C=O) groups is 1. The van der Waals surface area contributed by atoms with Gasteiger partial charge in [0, 0.05) is 23.0 Å². The number of rotatable bonds is 7. The zero-order valence-electron chi connectivity index (χ0n) is 18.8. The van der Waals surface area contributed by atoms with E-state index in [1.807, 2.05) is 0 Å². The summed E-state index contributed by atoms with van der Waals surface area (Å²) in [5, 5.41) is 0.723. The van der Waals surface area contributed by atoms with Crippen LogP contribution in [-0.4, -0.2) is 38.2 Å². The van der Waals surface area contributed by atoms with Gasteiger partial charge in [0.25, 0.3) is 0 Å². The molecule has 0 bridgehead atoms. The third-order valence-corrected chi connectivity index (χ3v) is 7.19. The fourth-order valence-electron chi connectivity index (χ4n) is 4.33. The number of Topliss-reactive ketones (excluding diaryl/α,β-unsaturated/α-hetero) is 1. The summed E-state index contributed by atoms with van der Waals surface area (Å²) < 4.78 is 40.5. The predicted molar refractivity (Wildman–Crippen MR) is 126 cm³/mol. The molecule has 1 aliphatic heterocycles. The molecule has 0 saturated carbocycles. The summed E-state index contributed by atoms with van der Waals surface area (Å²) in [6.45, 7) is 5.31. The molecule has 5 nitrogen and oxygen atoms in total. The van der Waals surface area contributed by atoms with E-state index in [0.717, 1.165) is 42.8 Å². The summed E-state index contributed by atoms with van der Waals surface area (Å²) in [7, 11) is 0. The van der Waals surface area contributed by atoms with Crippen LogP contribution in [0.2, 0.25) is 5.15 Å². The second-order valence-electron chi connectivity index (χ2n) is 8.46. The first-order valence-electron chi connectivity index (χ1n) is 11.1. The van der Waals surface area contributed by atoms with Gasteiger partial charge < -0.3 is 0 Å². The number of hydrogen-bond donors (Lipinski definition) is 0. The number of ketones is 1. The molecule has 0 aliphatic carbocycles. The maximum Gasteiger partial charge on any atom is 0.416 e. The predicted octanol–water partition coefficient (Wildman–Crippen LogP) is 6.38. The SMILES string of the molecule is CC[C@@H]1CCCN1Cc1sc(CC(=O)c2cnc(Cl)cn2)nc1-c1cc(C)cc(C(F)(F)F)c1. The maximum atomic E-state index is 13.5. The van der Waals surface area contributed by atoms with Crippen LogP contribution in [0.5, 0.6) is 0 Å². The van der Waals surface area contributed by atoms with Gasteiger partial charge in [0.2, 0.25) is 0 Å². The van der Waals surface area contributed by atoms with E-state index in [1.165, 1.54) is 23.7 Å². The van der Waals surface area contributed by atoms with Gasteiger partial charge in [0.15, 0.2) is 5.78 Å². The highest BCUT2D eigenvalue weighted by Gasteiger charge is 2.32. The Labute approximate surface area is 205 Å². The van der Waals surface area contributed by atoms with Crippen molar-refractivity contribution < 1.29 is 18.0 Å². The average molecular weight is 509 g/mol. The van der Waals surface area contributed by atoms with Crippen LogP contribution >= 0.6 is 22.9 Å². The van der Waals surface area contributed by atoms with Crippen LogP contribution in [0.1, 0.15) is 57.7 Å². The van der Waals surface area contributed by atoms with Crippen molar-refractivity contribution in [3.8, 4) is 11.3 Å². The number of carbonyl (C=O) groups excluding carboxylic acids is 1. The van der Waals surface area contributed by atoms with E-state index in [4.69, 9.17) is 11.6 Å². The Balaban J connectivity index is 1.70. The highest BCUT2D eigenvalue weighted by molar-refractivity contribution is 7.12. The maximum absolute atomic E-state index is 13.5. The molecule has 34 heavy (non-hydrogen) atoms. The van der Waals surface area contributed by atoms with Gasteiger partial charge in [-0.05, 0) is 56.5 Å². The van der Waals surface area contributed by atoms with E-state index >= 15 is 0 Å². The Bertz CT molecular complexity index is 1180. The third kappa shape index (κ3) is 5.64. The molecule has 1 aromatic carbocycles. The Morgan fingerprint density at radius 3 is 2.71 bits per heavy atom. The molecule has 0 N–H and O–H groups in total. The first-order valence-corrected chi connectivity index (χ1v) is 12.3. The van der Waals surface area contributed by atoms with Crippen molar-refractivity contribution in [3.63, 3.8) is 0 Å². The molecule has 1 fully saturated rings. The fourth-order valence-corrected chi connectivity index (χ4v) is 5.54. The van der Waals surface area contributed by atoms with Gasteiger partial charge in [-0.2, -0.15) is 13.2 Å². The van der Waals surface area contributed by atoms with Crippen LogP contribution in [0.4, 0.5) is 13.2 Å². The molecule has 180 valence electrons. The van der Waals surface area contributed by atoms with Gasteiger partial charge >= 0.3 is 6.18 Å². The number of nitrogens with zero attached hydrogens (tertiary/aromatic N) is 4. The van der Waals surface area contributed by atoms with Crippen molar-refractivity contribution in [2.24, 2.45) is 0 Å². The average Bonchev–Trinajstić information content (AvgIpc) is 3.40. The summed E-state index contributed by atoms with van der Waals surface area (Å²) in [6, 6.07) is 4.42. The molecular formula is C24H24ClF3N4OS. The molecule has 2 aromatic heterocycles. The second kappa shape index (κ2) is 10.1. The molecule has 0 spiro atoms. The van der Waals surface area contributed by atoms with E-state index in [9.17, 15) is 18.0 Å². The van der Waals surface area contributed by atoms with Crippen LogP contribution < -0.4 is 0 Å². The molecule has 1 atom stereocenters. The lowest BCUT2D eigenvalue weighted by molar-refractivity contribution is -0.137. The normalized spacial score (nSPS) is 16.8. The molecule has 0 amide bonds. The van der Waals surface area contributed by atoms with Crippen LogP contribution in [-0.2, 0) is 19.1 Å². The topological polar surface area (TPSA) is 59.0 Å². The van der Waals surface area contributed by atoms with Gasteiger partial charge in [0.05, 0.1) is 30.1 Å². The Kier molecular flexibility index (Phi) is 7.35. The van der Waals surface area contributed by atoms with Gasteiger partial charge in [-0.3, -0.25) is 9.69 Å². The lowest BCUT2D eigenvalue weighted by Gasteiger charge is -2.23. The van der Waals surface area contributed by atoms with Crippen LogP contribution in [0, 0.1) is 6.92 Å². The molecule has 10 heteroatoms. The summed E-state index contributed by atoms with van der Waals surface area (Å²) >= 11 is 7.12. The van der Waals surface area contributed by atoms with Gasteiger partial charge in [0.1, 0.15) is 15.9 Å². The van der Waals surface area contributed by atoms with Gasteiger partial charge in [-0.25, -0.2) is 15.0 Å². The van der Waals surface area contributed by atoms with Crippen molar-refractivity contribution in [1.29, 1.82) is 0 Å². The Hall–Kier alpha value is -2.36. The Morgan fingerprint density at radius 2 is 2.03 bits per heavy atom. The minimum atomic E-state index is -4.45. The van der Waals surface area contributed by atoms with E-state index in [-0.39, 0.29) is 23.1 Å². The molecule has 3 aromatic rings. The quantitative estimate of drug-likeness (QED) is 0.346. The summed E-state index contributed by atoms with van der Waals surface area (Å²) in [5.41, 5.74) is 0.888. The zero-order valence-corrected chi connectivity index (χ0v) is 20.4. The van der Waals surface area contributed by atoms with E-state index in [0.29, 0.717) is 34.4 Å². The van der Waals surface area contributed by atoms with Crippen LogP contribution in [0.15, 0.2) is 30.6 Å². The van der Waals surface area contributed by atoms with Crippen molar-refractivity contribution in [2.45, 2.75) is 58.3 Å². The first-order chi connectivity index (χ1) is 16.1. The molecule has 0 radical (unpaired) electrons. The number of aryl methyl sites for hydroxylation is 1. The number of halogens is 4. The highest BCUT2D eigenvalue weighted by Crippen LogP contribution is 2.37. The standard InChI is InChI=1S/C24H24ClF3N4OS/c1-3-17-5-4-6-32(17)13-20-23(15-7-14(2)8-16(9-15)24(26,27)28)31-22(34-20)10-19(33)18-11-30-21(25)12-29-18/h7-9,11-12,17H,3-6,10,13H2,1-2H3/t17-/m1/s1. The summed E-state index contributed by atoms with van der Waals surface area (Å²) in [6.07, 6.45) is 1.36. The van der Waals surface area contributed by atoms with Crippen molar-refractivity contribution >= 4 is 28.7 Å². The monoisotopic (exact) mass is 508 g/mol. The lowest BCUT2D eigenvalue weighted by Crippen LogP contribution is -2.28. The first kappa shape index (κ1) is 24.8. The highest BCUT2D eigenvalue weighted by atomic mass is 35.5.